The predicted octanol–water partition coefficient (Wildman–Crippen LogP) is 3.71. The summed E-state index contributed by atoms with van der Waals surface area (Å²) in [5.74, 6) is -0.457. The number of rotatable bonds is 5. The van der Waals surface area contributed by atoms with E-state index in [0.29, 0.717) is 22.7 Å². The number of anilines is 1. The van der Waals surface area contributed by atoms with Crippen molar-refractivity contribution in [1.29, 1.82) is 5.26 Å². The van der Waals surface area contributed by atoms with Gasteiger partial charge in [-0.05, 0) is 44.4 Å². The number of hydrogen-bond donors (Lipinski definition) is 1. The Hall–Kier alpha value is -2.23. The zero-order valence-electron chi connectivity index (χ0n) is 14.1. The van der Waals surface area contributed by atoms with E-state index in [9.17, 15) is 14.4 Å². The number of hydrogen-bond acceptors (Lipinski definition) is 4. The first-order valence-electron chi connectivity index (χ1n) is 8.35. The number of nitrogens with one attached hydrogen (secondary N) is 1. The van der Waals surface area contributed by atoms with Crippen molar-refractivity contribution in [2.45, 2.75) is 32.2 Å². The quantitative estimate of drug-likeness (QED) is 0.887. The van der Waals surface area contributed by atoms with Gasteiger partial charge in [-0.1, -0.05) is 18.2 Å². The van der Waals surface area contributed by atoms with Gasteiger partial charge in [-0.3, -0.25) is 9.69 Å². The zero-order valence-corrected chi connectivity index (χ0v) is 15.0. The van der Waals surface area contributed by atoms with E-state index in [1.807, 2.05) is 0 Å². The fourth-order valence-corrected chi connectivity index (χ4v) is 4.41. The van der Waals surface area contributed by atoms with Crippen molar-refractivity contribution in [2.24, 2.45) is 0 Å². The molecule has 1 N–H and O–H groups in total. The minimum atomic E-state index is -0.271. The minimum Gasteiger partial charge on any atom is -0.315 e. The van der Waals surface area contributed by atoms with Gasteiger partial charge in [0.1, 0.15) is 16.9 Å². The fourth-order valence-electron chi connectivity index (χ4n) is 3.16. The van der Waals surface area contributed by atoms with Gasteiger partial charge in [-0.2, -0.15) is 5.26 Å². The fraction of sp³-hybridized carbons (Fsp3) is 0.368. The van der Waals surface area contributed by atoms with Gasteiger partial charge in [0.15, 0.2) is 0 Å². The largest absolute Gasteiger partial charge is 0.315 e. The number of likely N-dealkylation sites (N-methyl/N-ethyl adjacent to an activating group) is 1. The maximum atomic E-state index is 13.7. The van der Waals surface area contributed by atoms with Crippen LogP contribution < -0.4 is 5.32 Å². The molecule has 1 aliphatic carbocycles. The Labute approximate surface area is 150 Å². The molecule has 3 rings (SSSR count). The maximum Gasteiger partial charge on any atom is 0.239 e. The molecule has 0 fully saturated rings. The molecule has 0 atom stereocenters. The van der Waals surface area contributed by atoms with Gasteiger partial charge in [-0.15, -0.1) is 11.3 Å². The van der Waals surface area contributed by atoms with Gasteiger partial charge < -0.3 is 5.32 Å². The number of fused-ring (bicyclic) bond motifs is 1. The molecule has 4 nitrogen and oxygen atoms in total. The summed E-state index contributed by atoms with van der Waals surface area (Å²) in [7, 11) is 1.77. The number of aryl methyl sites for hydroxylation is 1. The van der Waals surface area contributed by atoms with Gasteiger partial charge in [-0.25, -0.2) is 4.39 Å². The summed E-state index contributed by atoms with van der Waals surface area (Å²) >= 11 is 1.52. The number of thiophene rings is 1. The van der Waals surface area contributed by atoms with Gasteiger partial charge in [0.05, 0.1) is 12.1 Å². The lowest BCUT2D eigenvalue weighted by Gasteiger charge is -2.16. The number of nitriles is 1. The number of carbonyl (C=O) groups excluding carboxylic acids is 1. The highest BCUT2D eigenvalue weighted by Gasteiger charge is 2.22. The molecule has 0 bridgehead atoms. The zero-order chi connectivity index (χ0) is 17.8. The molecule has 6 heteroatoms. The molecule has 0 unspecified atom stereocenters. The highest BCUT2D eigenvalue weighted by molar-refractivity contribution is 7.16. The number of halogens is 1. The first-order chi connectivity index (χ1) is 12.1. The normalized spacial score (nSPS) is 13.4. The van der Waals surface area contributed by atoms with Gasteiger partial charge in [0, 0.05) is 17.0 Å². The Morgan fingerprint density at radius 3 is 2.88 bits per heavy atom. The van der Waals surface area contributed by atoms with E-state index in [0.717, 1.165) is 31.2 Å². The Kier molecular flexibility index (Phi) is 5.47. The van der Waals surface area contributed by atoms with E-state index in [1.165, 1.54) is 22.3 Å². The van der Waals surface area contributed by atoms with Crippen LogP contribution >= 0.6 is 11.3 Å². The van der Waals surface area contributed by atoms with Crippen LogP contribution in [0.3, 0.4) is 0 Å². The molecule has 0 radical (unpaired) electrons. The third-order valence-electron chi connectivity index (χ3n) is 4.35. The summed E-state index contributed by atoms with van der Waals surface area (Å²) in [5, 5.41) is 13.0. The van der Waals surface area contributed by atoms with E-state index in [2.05, 4.69) is 11.4 Å². The summed E-state index contributed by atoms with van der Waals surface area (Å²) in [5.41, 5.74) is 2.28. The molecule has 1 heterocycles. The molecule has 25 heavy (non-hydrogen) atoms. The molecule has 0 aliphatic heterocycles. The summed E-state index contributed by atoms with van der Waals surface area (Å²) in [6.45, 7) is 0.494. The van der Waals surface area contributed by atoms with Gasteiger partial charge in [0.25, 0.3) is 0 Å². The third-order valence-corrected chi connectivity index (χ3v) is 5.55. The molecule has 1 aliphatic rings. The predicted molar refractivity (Wildman–Crippen MR) is 97.0 cm³/mol. The molecule has 130 valence electrons. The van der Waals surface area contributed by atoms with Crippen LogP contribution in [0.25, 0.3) is 0 Å². The van der Waals surface area contributed by atoms with Crippen LogP contribution in [-0.4, -0.2) is 24.4 Å². The van der Waals surface area contributed by atoms with Crippen LogP contribution in [0.1, 0.15) is 34.4 Å². The maximum absolute atomic E-state index is 13.7. The van der Waals surface area contributed by atoms with Crippen molar-refractivity contribution in [2.75, 3.05) is 18.9 Å². The number of carbonyl (C=O) groups is 1. The second-order valence-corrected chi connectivity index (χ2v) is 7.44. The average Bonchev–Trinajstić information content (AvgIpc) is 2.93. The van der Waals surface area contributed by atoms with Crippen LogP contribution in [-0.2, 0) is 24.2 Å². The van der Waals surface area contributed by atoms with Crippen molar-refractivity contribution in [3.05, 3.63) is 51.7 Å². The first-order valence-corrected chi connectivity index (χ1v) is 9.16. The average molecular weight is 357 g/mol. The number of benzene rings is 1. The van der Waals surface area contributed by atoms with Crippen LogP contribution in [0.2, 0.25) is 0 Å². The monoisotopic (exact) mass is 357 g/mol. The van der Waals surface area contributed by atoms with Crippen LogP contribution in [0.4, 0.5) is 9.39 Å². The van der Waals surface area contributed by atoms with Crippen LogP contribution in [0, 0.1) is 17.1 Å². The third kappa shape index (κ3) is 4.06. The molecular weight excluding hydrogens is 337 g/mol. The number of nitrogens with zero attached hydrogens (tertiary/aromatic N) is 2. The Morgan fingerprint density at radius 2 is 2.12 bits per heavy atom. The summed E-state index contributed by atoms with van der Waals surface area (Å²) < 4.78 is 13.7. The standard InChI is InChI=1S/C19H20FN3OS/c1-23(11-13-6-2-4-8-16(13)20)12-18(24)22-19-15(10-21)14-7-3-5-9-17(14)25-19/h2,4,6,8H,3,5,7,9,11-12H2,1H3,(H,22,24). The lowest BCUT2D eigenvalue weighted by atomic mass is 9.96. The van der Waals surface area contributed by atoms with E-state index in [1.54, 1.807) is 30.1 Å². The summed E-state index contributed by atoms with van der Waals surface area (Å²) in [6, 6.07) is 8.80. The van der Waals surface area contributed by atoms with Crippen molar-refractivity contribution in [1.82, 2.24) is 4.90 Å². The Morgan fingerprint density at radius 1 is 1.36 bits per heavy atom. The number of amides is 1. The van der Waals surface area contributed by atoms with Crippen molar-refractivity contribution in [3.8, 4) is 6.07 Å². The van der Waals surface area contributed by atoms with Gasteiger partial charge in [0.2, 0.25) is 5.91 Å². The Bertz CT molecular complexity index is 825. The second-order valence-electron chi connectivity index (χ2n) is 6.34. The van der Waals surface area contributed by atoms with E-state index < -0.39 is 0 Å². The summed E-state index contributed by atoms with van der Waals surface area (Å²) in [6.07, 6.45) is 4.13. The molecule has 0 saturated heterocycles. The van der Waals surface area contributed by atoms with Crippen LogP contribution in [0.15, 0.2) is 24.3 Å². The molecule has 0 spiro atoms. The van der Waals surface area contributed by atoms with E-state index >= 15 is 0 Å². The SMILES string of the molecule is CN(CC(=O)Nc1sc2c(c1C#N)CCCC2)Cc1ccccc1F. The Balaban J connectivity index is 1.64. The summed E-state index contributed by atoms with van der Waals surface area (Å²) in [4.78, 5) is 15.3. The highest BCUT2D eigenvalue weighted by Crippen LogP contribution is 2.37. The molecule has 2 aromatic rings. The first kappa shape index (κ1) is 17.6. The van der Waals surface area contributed by atoms with Gasteiger partial charge >= 0.3 is 0 Å². The lowest BCUT2D eigenvalue weighted by Crippen LogP contribution is -2.30. The van der Waals surface area contributed by atoms with Crippen molar-refractivity contribution < 1.29 is 9.18 Å². The lowest BCUT2D eigenvalue weighted by molar-refractivity contribution is -0.117. The van der Waals surface area contributed by atoms with E-state index in [-0.39, 0.29) is 18.3 Å². The second kappa shape index (κ2) is 7.77. The topological polar surface area (TPSA) is 56.1 Å². The van der Waals surface area contributed by atoms with Crippen molar-refractivity contribution in [3.63, 3.8) is 0 Å². The highest BCUT2D eigenvalue weighted by atomic mass is 32.1. The van der Waals surface area contributed by atoms with Crippen LogP contribution in [0.5, 0.6) is 0 Å². The molecular formula is C19H20FN3OS. The molecule has 1 aromatic carbocycles. The van der Waals surface area contributed by atoms with E-state index in [4.69, 9.17) is 0 Å². The molecule has 1 amide bonds. The van der Waals surface area contributed by atoms with Crippen molar-refractivity contribution >= 4 is 22.2 Å². The minimum absolute atomic E-state index is 0.141. The molecule has 1 aromatic heterocycles. The molecule has 0 saturated carbocycles. The smallest absolute Gasteiger partial charge is 0.239 e.